The van der Waals surface area contributed by atoms with E-state index in [1.807, 2.05) is 25.1 Å². The lowest BCUT2D eigenvalue weighted by atomic mass is 10.0. The number of nitrogens with zero attached hydrogens (tertiary/aromatic N) is 3. The Labute approximate surface area is 117 Å². The summed E-state index contributed by atoms with van der Waals surface area (Å²) in [4.78, 5) is 8.35. The summed E-state index contributed by atoms with van der Waals surface area (Å²) in [6.07, 6.45) is 0. The van der Waals surface area contributed by atoms with Crippen LogP contribution < -0.4 is 0 Å². The zero-order valence-corrected chi connectivity index (χ0v) is 11.4. The standard InChI is InChI=1S/C17H13N3/c1-11-3-4-14-9-15(6-5-13(14)7-11)16-8-12(2)19-17(10-18)20-16/h3-9H,1-2H3. The van der Waals surface area contributed by atoms with E-state index in [0.29, 0.717) is 0 Å². The van der Waals surface area contributed by atoms with Crippen LogP contribution in [0.25, 0.3) is 22.0 Å². The molecule has 0 aliphatic carbocycles. The second-order valence-electron chi connectivity index (χ2n) is 4.90. The molecule has 0 saturated carbocycles. The molecule has 0 atom stereocenters. The molecule has 0 aliphatic rings. The van der Waals surface area contributed by atoms with Gasteiger partial charge in [-0.2, -0.15) is 5.26 Å². The number of aryl methyl sites for hydroxylation is 2. The van der Waals surface area contributed by atoms with Gasteiger partial charge in [0.1, 0.15) is 6.07 Å². The molecule has 2 aromatic carbocycles. The lowest BCUT2D eigenvalue weighted by Crippen LogP contribution is -1.94. The highest BCUT2D eigenvalue weighted by Crippen LogP contribution is 2.24. The van der Waals surface area contributed by atoms with E-state index < -0.39 is 0 Å². The van der Waals surface area contributed by atoms with Gasteiger partial charge in [-0.05, 0) is 36.8 Å². The molecule has 0 unspecified atom stereocenters. The van der Waals surface area contributed by atoms with E-state index in [-0.39, 0.29) is 5.82 Å². The Morgan fingerprint density at radius 1 is 0.900 bits per heavy atom. The molecule has 3 aromatic rings. The third-order valence-electron chi connectivity index (χ3n) is 3.25. The Morgan fingerprint density at radius 2 is 1.65 bits per heavy atom. The Kier molecular flexibility index (Phi) is 2.92. The number of hydrogen-bond donors (Lipinski definition) is 0. The summed E-state index contributed by atoms with van der Waals surface area (Å²) in [6, 6.07) is 16.5. The van der Waals surface area contributed by atoms with E-state index >= 15 is 0 Å². The van der Waals surface area contributed by atoms with E-state index in [1.165, 1.54) is 16.3 Å². The SMILES string of the molecule is Cc1ccc2cc(-c3cc(C)nc(C#N)n3)ccc2c1. The highest BCUT2D eigenvalue weighted by Gasteiger charge is 2.05. The second-order valence-corrected chi connectivity index (χ2v) is 4.90. The molecule has 0 radical (unpaired) electrons. The fourth-order valence-corrected chi connectivity index (χ4v) is 2.29. The van der Waals surface area contributed by atoms with Crippen molar-refractivity contribution in [2.24, 2.45) is 0 Å². The minimum Gasteiger partial charge on any atom is -0.224 e. The maximum absolute atomic E-state index is 8.96. The number of benzene rings is 2. The third kappa shape index (κ3) is 2.24. The molecule has 0 saturated heterocycles. The fraction of sp³-hybridized carbons (Fsp3) is 0.118. The molecule has 0 fully saturated rings. The van der Waals surface area contributed by atoms with E-state index in [2.05, 4.69) is 47.2 Å². The molecule has 20 heavy (non-hydrogen) atoms. The monoisotopic (exact) mass is 259 g/mol. The summed E-state index contributed by atoms with van der Waals surface area (Å²) >= 11 is 0. The van der Waals surface area contributed by atoms with Crippen LogP contribution in [0.2, 0.25) is 0 Å². The molecule has 3 rings (SSSR count). The molecule has 1 aromatic heterocycles. The molecule has 0 N–H and O–H groups in total. The summed E-state index contributed by atoms with van der Waals surface area (Å²) in [7, 11) is 0. The van der Waals surface area contributed by atoms with Gasteiger partial charge in [0, 0.05) is 11.3 Å². The zero-order chi connectivity index (χ0) is 14.1. The normalized spacial score (nSPS) is 10.4. The van der Waals surface area contributed by atoms with Crippen LogP contribution in [0.1, 0.15) is 17.1 Å². The summed E-state index contributed by atoms with van der Waals surface area (Å²) in [6.45, 7) is 3.96. The number of aromatic nitrogens is 2. The quantitative estimate of drug-likeness (QED) is 0.668. The lowest BCUT2D eigenvalue weighted by Gasteiger charge is -2.05. The molecule has 1 heterocycles. The van der Waals surface area contributed by atoms with Crippen LogP contribution in [-0.2, 0) is 0 Å². The van der Waals surface area contributed by atoms with Crippen LogP contribution in [0.15, 0.2) is 42.5 Å². The predicted octanol–water partition coefficient (Wildman–Crippen LogP) is 3.79. The largest absolute Gasteiger partial charge is 0.232 e. The molecular formula is C17H13N3. The van der Waals surface area contributed by atoms with Gasteiger partial charge in [-0.3, -0.25) is 0 Å². The van der Waals surface area contributed by atoms with E-state index in [1.54, 1.807) is 0 Å². The van der Waals surface area contributed by atoms with Crippen LogP contribution in [0.4, 0.5) is 0 Å². The van der Waals surface area contributed by atoms with Gasteiger partial charge in [0.25, 0.3) is 0 Å². The van der Waals surface area contributed by atoms with Gasteiger partial charge in [0.05, 0.1) is 5.69 Å². The Morgan fingerprint density at radius 3 is 2.45 bits per heavy atom. The maximum Gasteiger partial charge on any atom is 0.232 e. The van der Waals surface area contributed by atoms with Crippen molar-refractivity contribution in [1.29, 1.82) is 5.26 Å². The average molecular weight is 259 g/mol. The number of nitriles is 1. The molecule has 0 amide bonds. The van der Waals surface area contributed by atoms with Crippen LogP contribution in [0, 0.1) is 25.2 Å². The Balaban J connectivity index is 2.17. The first-order chi connectivity index (χ1) is 9.65. The van der Waals surface area contributed by atoms with Crippen molar-refractivity contribution in [3.05, 3.63) is 59.5 Å². The predicted molar refractivity (Wildman–Crippen MR) is 79.2 cm³/mol. The van der Waals surface area contributed by atoms with E-state index in [4.69, 9.17) is 5.26 Å². The van der Waals surface area contributed by atoms with Crippen molar-refractivity contribution in [2.75, 3.05) is 0 Å². The number of rotatable bonds is 1. The molecule has 0 bridgehead atoms. The van der Waals surface area contributed by atoms with Gasteiger partial charge < -0.3 is 0 Å². The van der Waals surface area contributed by atoms with Gasteiger partial charge in [-0.1, -0.05) is 35.9 Å². The Bertz CT molecular complexity index is 844. The van der Waals surface area contributed by atoms with Gasteiger partial charge in [0.15, 0.2) is 0 Å². The van der Waals surface area contributed by atoms with Crippen molar-refractivity contribution in [2.45, 2.75) is 13.8 Å². The molecule has 0 spiro atoms. The van der Waals surface area contributed by atoms with Crippen molar-refractivity contribution in [1.82, 2.24) is 9.97 Å². The first-order valence-electron chi connectivity index (χ1n) is 6.42. The van der Waals surface area contributed by atoms with E-state index in [0.717, 1.165) is 17.0 Å². The Hall–Kier alpha value is -2.73. The highest BCUT2D eigenvalue weighted by atomic mass is 14.9. The summed E-state index contributed by atoms with van der Waals surface area (Å²) < 4.78 is 0. The smallest absolute Gasteiger partial charge is 0.224 e. The first kappa shape index (κ1) is 12.3. The highest BCUT2D eigenvalue weighted by molar-refractivity contribution is 5.87. The topological polar surface area (TPSA) is 49.6 Å². The summed E-state index contributed by atoms with van der Waals surface area (Å²) in [5, 5.41) is 11.3. The van der Waals surface area contributed by atoms with Gasteiger partial charge >= 0.3 is 0 Å². The molecule has 96 valence electrons. The van der Waals surface area contributed by atoms with Gasteiger partial charge in [-0.25, -0.2) is 9.97 Å². The number of fused-ring (bicyclic) bond motifs is 1. The third-order valence-corrected chi connectivity index (χ3v) is 3.25. The van der Waals surface area contributed by atoms with Crippen molar-refractivity contribution in [3.63, 3.8) is 0 Å². The van der Waals surface area contributed by atoms with Gasteiger partial charge in [-0.15, -0.1) is 0 Å². The molecule has 0 aliphatic heterocycles. The molecule has 3 nitrogen and oxygen atoms in total. The fourth-order valence-electron chi connectivity index (χ4n) is 2.29. The van der Waals surface area contributed by atoms with E-state index in [9.17, 15) is 0 Å². The molecular weight excluding hydrogens is 246 g/mol. The van der Waals surface area contributed by atoms with Crippen LogP contribution in [-0.4, -0.2) is 9.97 Å². The minimum absolute atomic E-state index is 0.212. The summed E-state index contributed by atoms with van der Waals surface area (Å²) in [5.41, 5.74) is 3.84. The minimum atomic E-state index is 0.212. The number of hydrogen-bond acceptors (Lipinski definition) is 3. The lowest BCUT2D eigenvalue weighted by molar-refractivity contribution is 1.07. The van der Waals surface area contributed by atoms with Crippen molar-refractivity contribution >= 4 is 10.8 Å². The zero-order valence-electron chi connectivity index (χ0n) is 11.4. The van der Waals surface area contributed by atoms with Crippen LogP contribution in [0.3, 0.4) is 0 Å². The van der Waals surface area contributed by atoms with Crippen LogP contribution >= 0.6 is 0 Å². The first-order valence-corrected chi connectivity index (χ1v) is 6.42. The summed E-state index contributed by atoms with van der Waals surface area (Å²) in [5.74, 6) is 0.212. The van der Waals surface area contributed by atoms with Gasteiger partial charge in [0.2, 0.25) is 5.82 Å². The maximum atomic E-state index is 8.96. The second kappa shape index (κ2) is 4.75. The van der Waals surface area contributed by atoms with Crippen LogP contribution in [0.5, 0.6) is 0 Å². The molecule has 3 heteroatoms. The van der Waals surface area contributed by atoms with Crippen molar-refractivity contribution < 1.29 is 0 Å². The average Bonchev–Trinajstić information content (AvgIpc) is 2.46. The van der Waals surface area contributed by atoms with Crippen molar-refractivity contribution in [3.8, 4) is 17.3 Å².